The predicted octanol–water partition coefficient (Wildman–Crippen LogP) is 4.95. The van der Waals surface area contributed by atoms with Gasteiger partial charge in [0.25, 0.3) is 5.91 Å². The number of halogens is 4. The van der Waals surface area contributed by atoms with Crippen LogP contribution in [0.2, 0.25) is 10.0 Å². The third kappa shape index (κ3) is 4.62. The molecule has 2 amide bonds. The number of carbonyl (C=O) groups excluding carboxylic acids is 2. The second-order valence-electron chi connectivity index (χ2n) is 6.38. The zero-order chi connectivity index (χ0) is 20.4. The number of hydrogen-bond acceptors (Lipinski definition) is 2. The van der Waals surface area contributed by atoms with E-state index in [9.17, 15) is 14.0 Å². The van der Waals surface area contributed by atoms with E-state index >= 15 is 0 Å². The Morgan fingerprint density at radius 1 is 1.19 bits per heavy atom. The molecule has 0 N–H and O–H groups in total. The predicted molar refractivity (Wildman–Crippen MR) is 110 cm³/mol. The van der Waals surface area contributed by atoms with Gasteiger partial charge in [-0.3, -0.25) is 9.59 Å². The molecule has 0 heterocycles. The fraction of sp³-hybridized carbons (Fsp3) is 0.263. The minimum absolute atomic E-state index is 0.185. The third-order valence-electron chi connectivity index (χ3n) is 4.52. The molecular formula is C19H18BrCl2FN2O2. The normalized spacial score (nSPS) is 13.0. The van der Waals surface area contributed by atoms with Crippen LogP contribution in [0.4, 0.5) is 10.1 Å². The van der Waals surface area contributed by atoms with Crippen LogP contribution in [0.3, 0.4) is 0 Å². The van der Waals surface area contributed by atoms with E-state index in [1.54, 1.807) is 14.0 Å². The van der Waals surface area contributed by atoms with E-state index in [2.05, 4.69) is 15.9 Å². The average Bonchev–Trinajstić information content (AvgIpc) is 2.65. The van der Waals surface area contributed by atoms with E-state index in [0.29, 0.717) is 18.5 Å². The van der Waals surface area contributed by atoms with Gasteiger partial charge in [-0.15, -0.1) is 0 Å². The fourth-order valence-electron chi connectivity index (χ4n) is 2.68. The van der Waals surface area contributed by atoms with Crippen molar-refractivity contribution < 1.29 is 14.0 Å². The highest BCUT2D eigenvalue weighted by Crippen LogP contribution is 2.31. The van der Waals surface area contributed by atoms with E-state index < -0.39 is 11.4 Å². The summed E-state index contributed by atoms with van der Waals surface area (Å²) in [4.78, 5) is 27.4. The topological polar surface area (TPSA) is 40.6 Å². The maximum absolute atomic E-state index is 13.7. The Bertz CT molecular complexity index is 840. The van der Waals surface area contributed by atoms with Crippen molar-refractivity contribution in [2.45, 2.75) is 18.9 Å². The molecule has 0 saturated carbocycles. The highest BCUT2D eigenvalue weighted by molar-refractivity contribution is 9.10. The van der Waals surface area contributed by atoms with Gasteiger partial charge in [0.1, 0.15) is 5.54 Å². The molecule has 0 bridgehead atoms. The van der Waals surface area contributed by atoms with E-state index in [0.717, 1.165) is 10.0 Å². The molecule has 2 rings (SSSR count). The summed E-state index contributed by atoms with van der Waals surface area (Å²) in [7, 11) is 3.07. The lowest BCUT2D eigenvalue weighted by molar-refractivity contribution is -0.136. The number of amides is 2. The molecular weight excluding hydrogens is 458 g/mol. The lowest BCUT2D eigenvalue weighted by atomic mass is 9.89. The Balaban J connectivity index is 2.41. The SMILES string of the molecule is CN(C(=O)[C@@](C)(Cc1ccc(Br)cc1)N(C)C=O)c1cc(Cl)c(F)c(Cl)c1. The zero-order valence-corrected chi connectivity index (χ0v) is 18.1. The average molecular weight is 476 g/mol. The van der Waals surface area contributed by atoms with E-state index in [4.69, 9.17) is 23.2 Å². The molecule has 0 aliphatic carbocycles. The molecule has 0 aliphatic heterocycles. The molecule has 2 aromatic rings. The lowest BCUT2D eigenvalue weighted by Gasteiger charge is -2.38. The van der Waals surface area contributed by atoms with Crippen molar-refractivity contribution in [3.8, 4) is 0 Å². The monoisotopic (exact) mass is 474 g/mol. The van der Waals surface area contributed by atoms with Crippen molar-refractivity contribution in [3.63, 3.8) is 0 Å². The van der Waals surface area contributed by atoms with Crippen LogP contribution in [0.15, 0.2) is 40.9 Å². The molecule has 0 radical (unpaired) electrons. The van der Waals surface area contributed by atoms with Crippen molar-refractivity contribution in [2.24, 2.45) is 0 Å². The van der Waals surface area contributed by atoms with Crippen LogP contribution in [0.25, 0.3) is 0 Å². The van der Waals surface area contributed by atoms with Crippen LogP contribution in [-0.4, -0.2) is 36.9 Å². The van der Waals surface area contributed by atoms with E-state index in [-0.39, 0.29) is 16.0 Å². The van der Waals surface area contributed by atoms with E-state index in [1.807, 2.05) is 24.3 Å². The summed E-state index contributed by atoms with van der Waals surface area (Å²) in [5.41, 5.74) is 0.0431. The number of likely N-dealkylation sites (N-methyl/N-ethyl adjacent to an activating group) is 2. The van der Waals surface area contributed by atoms with Gasteiger partial charge in [0.05, 0.1) is 10.0 Å². The first-order valence-electron chi connectivity index (χ1n) is 7.95. The summed E-state index contributed by atoms with van der Waals surface area (Å²) in [6.07, 6.45) is 0.899. The standard InChI is InChI=1S/C19H18BrCl2FN2O2/c1-19(24(2)11-26,10-12-4-6-13(20)7-5-12)18(27)25(3)14-8-15(21)17(23)16(22)9-14/h4-9,11H,10H2,1-3H3/t19-/m1/s1. The quantitative estimate of drug-likeness (QED) is 0.438. The van der Waals surface area contributed by atoms with Gasteiger partial charge in [0.15, 0.2) is 5.82 Å². The van der Waals surface area contributed by atoms with Crippen LogP contribution in [0.1, 0.15) is 12.5 Å². The smallest absolute Gasteiger partial charge is 0.252 e. The highest BCUT2D eigenvalue weighted by atomic mass is 79.9. The highest BCUT2D eigenvalue weighted by Gasteiger charge is 2.40. The molecule has 0 aliphatic rings. The molecule has 0 saturated heterocycles. The molecule has 0 spiro atoms. The number of hydrogen-bond donors (Lipinski definition) is 0. The Morgan fingerprint density at radius 3 is 2.19 bits per heavy atom. The Labute approximate surface area is 176 Å². The minimum Gasteiger partial charge on any atom is -0.334 e. The molecule has 0 unspecified atom stereocenters. The largest absolute Gasteiger partial charge is 0.334 e. The summed E-state index contributed by atoms with van der Waals surface area (Å²) in [6, 6.07) is 10.1. The van der Waals surface area contributed by atoms with Crippen molar-refractivity contribution in [3.05, 3.63) is 62.3 Å². The minimum atomic E-state index is -1.17. The van der Waals surface area contributed by atoms with Crippen molar-refractivity contribution >= 4 is 57.1 Å². The lowest BCUT2D eigenvalue weighted by Crippen LogP contribution is -2.57. The molecule has 144 valence electrons. The molecule has 27 heavy (non-hydrogen) atoms. The maximum Gasteiger partial charge on any atom is 0.252 e. The van der Waals surface area contributed by atoms with Crippen molar-refractivity contribution in [2.75, 3.05) is 19.0 Å². The first-order chi connectivity index (χ1) is 12.6. The first kappa shape index (κ1) is 21.7. The third-order valence-corrected chi connectivity index (χ3v) is 5.60. The number of anilines is 1. The maximum atomic E-state index is 13.7. The Morgan fingerprint density at radius 2 is 1.70 bits per heavy atom. The Hall–Kier alpha value is -1.63. The molecule has 0 fully saturated rings. The second-order valence-corrected chi connectivity index (χ2v) is 8.11. The van der Waals surface area contributed by atoms with Crippen LogP contribution < -0.4 is 4.90 Å². The number of carbonyl (C=O) groups is 2. The van der Waals surface area contributed by atoms with E-state index in [1.165, 1.54) is 29.0 Å². The van der Waals surface area contributed by atoms with Crippen LogP contribution in [0.5, 0.6) is 0 Å². The summed E-state index contributed by atoms with van der Waals surface area (Å²) in [6.45, 7) is 1.68. The first-order valence-corrected chi connectivity index (χ1v) is 9.50. The molecule has 8 heteroatoms. The van der Waals surface area contributed by atoms with Crippen LogP contribution in [0, 0.1) is 5.82 Å². The summed E-state index contributed by atoms with van der Waals surface area (Å²) >= 11 is 15.1. The van der Waals surface area contributed by atoms with Gasteiger partial charge >= 0.3 is 0 Å². The van der Waals surface area contributed by atoms with Gasteiger partial charge < -0.3 is 9.80 Å². The Kier molecular flexibility index (Phi) is 6.89. The van der Waals surface area contributed by atoms with Gasteiger partial charge in [-0.05, 0) is 36.8 Å². The zero-order valence-electron chi connectivity index (χ0n) is 15.0. The van der Waals surface area contributed by atoms with Crippen molar-refractivity contribution in [1.29, 1.82) is 0 Å². The summed E-state index contributed by atoms with van der Waals surface area (Å²) in [5, 5.41) is -0.369. The van der Waals surface area contributed by atoms with Crippen LogP contribution in [-0.2, 0) is 16.0 Å². The van der Waals surface area contributed by atoms with Gasteiger partial charge in [0, 0.05) is 30.7 Å². The number of nitrogens with zero attached hydrogens (tertiary/aromatic N) is 2. The molecule has 0 aromatic heterocycles. The van der Waals surface area contributed by atoms with Gasteiger partial charge in [-0.25, -0.2) is 4.39 Å². The summed E-state index contributed by atoms with van der Waals surface area (Å²) < 4.78 is 14.6. The van der Waals surface area contributed by atoms with Gasteiger partial charge in [-0.2, -0.15) is 0 Å². The van der Waals surface area contributed by atoms with Crippen molar-refractivity contribution in [1.82, 2.24) is 4.90 Å². The molecule has 2 aromatic carbocycles. The number of benzene rings is 2. The van der Waals surface area contributed by atoms with Gasteiger partial charge in [-0.1, -0.05) is 51.3 Å². The molecule has 4 nitrogen and oxygen atoms in total. The number of rotatable bonds is 6. The van der Waals surface area contributed by atoms with Crippen LogP contribution >= 0.6 is 39.1 Å². The fourth-order valence-corrected chi connectivity index (χ4v) is 3.42. The molecule has 1 atom stereocenters. The summed E-state index contributed by atoms with van der Waals surface area (Å²) in [5.74, 6) is -1.11. The second kappa shape index (κ2) is 8.59. The van der Waals surface area contributed by atoms with Gasteiger partial charge in [0.2, 0.25) is 6.41 Å².